The van der Waals surface area contributed by atoms with E-state index in [1.54, 1.807) is 52.3 Å². The van der Waals surface area contributed by atoms with Crippen LogP contribution in [0.2, 0.25) is 0 Å². The zero-order valence-electron chi connectivity index (χ0n) is 26.8. The number of nitrogens with one attached hydrogen (secondary N) is 1. The van der Waals surface area contributed by atoms with Crippen LogP contribution in [-0.4, -0.2) is 74.3 Å². The molecule has 5 aromatic rings. The average Bonchev–Trinajstić information content (AvgIpc) is 3.65. The number of hydrogen-bond acceptors (Lipinski definition) is 11. The van der Waals surface area contributed by atoms with Gasteiger partial charge in [-0.25, -0.2) is 4.98 Å². The van der Waals surface area contributed by atoms with Gasteiger partial charge in [0, 0.05) is 0 Å². The maximum absolute atomic E-state index is 13.7. The number of nitrogen functional groups attached to an aromatic ring is 1. The molecule has 1 fully saturated rings. The number of carbonyl (C=O) groups is 1. The van der Waals surface area contributed by atoms with Crippen molar-refractivity contribution in [3.05, 3.63) is 112 Å². The molecule has 1 aliphatic rings. The van der Waals surface area contributed by atoms with Gasteiger partial charge in [0.05, 0.1) is 31.9 Å². The molecule has 13 heteroatoms. The lowest BCUT2D eigenvalue weighted by molar-refractivity contribution is -0.171. The number of aromatic amines is 1. The topological polar surface area (TPSA) is 184 Å². The van der Waals surface area contributed by atoms with Crippen molar-refractivity contribution in [3.63, 3.8) is 0 Å². The van der Waals surface area contributed by atoms with E-state index in [0.29, 0.717) is 28.2 Å². The second-order valence-corrected chi connectivity index (χ2v) is 11.9. The van der Waals surface area contributed by atoms with Crippen LogP contribution in [0.15, 0.2) is 90.0 Å². The van der Waals surface area contributed by atoms with Crippen LogP contribution < -0.4 is 20.8 Å². The Morgan fingerprint density at radius 3 is 2.02 bits per heavy atom. The molecule has 0 amide bonds. The molecule has 5 N–H and O–H groups in total. The van der Waals surface area contributed by atoms with Gasteiger partial charge in [0.15, 0.2) is 17.4 Å². The number of nitrogens with zero attached hydrogens (tertiary/aromatic N) is 3. The molecule has 5 atom stereocenters. The van der Waals surface area contributed by atoms with Crippen molar-refractivity contribution in [2.45, 2.75) is 49.9 Å². The van der Waals surface area contributed by atoms with Crippen molar-refractivity contribution in [1.29, 1.82) is 0 Å². The van der Waals surface area contributed by atoms with Gasteiger partial charge in [0.25, 0.3) is 5.56 Å². The van der Waals surface area contributed by atoms with Crippen molar-refractivity contribution in [3.8, 4) is 11.5 Å². The number of carbonyl (C=O) groups excluding carboxylic acids is 1. The van der Waals surface area contributed by atoms with Crippen LogP contribution in [0.4, 0.5) is 5.95 Å². The molecule has 48 heavy (non-hydrogen) atoms. The number of esters is 1. The molecular weight excluding hydrogens is 618 g/mol. The zero-order chi connectivity index (χ0) is 34.2. The van der Waals surface area contributed by atoms with Gasteiger partial charge in [-0.3, -0.25) is 19.1 Å². The summed E-state index contributed by atoms with van der Waals surface area (Å²) in [6.45, 7) is 3.42. The summed E-state index contributed by atoms with van der Waals surface area (Å²) in [7, 11) is 3.13. The highest BCUT2D eigenvalue weighted by Crippen LogP contribution is 2.49. The third kappa shape index (κ3) is 5.55. The quantitative estimate of drug-likeness (QED) is 0.128. The molecule has 1 aliphatic heterocycles. The molecule has 2 aromatic heterocycles. The highest BCUT2D eigenvalue weighted by Gasteiger charge is 2.58. The molecule has 0 spiro atoms. The number of hydrogen-bond donors (Lipinski definition) is 4. The van der Waals surface area contributed by atoms with Crippen LogP contribution in [0.5, 0.6) is 11.5 Å². The van der Waals surface area contributed by atoms with E-state index in [1.807, 2.05) is 54.6 Å². The Hall–Kier alpha value is -5.24. The largest absolute Gasteiger partial charge is 0.497 e. The van der Waals surface area contributed by atoms with Crippen molar-refractivity contribution >= 4 is 23.1 Å². The number of fused-ring (bicyclic) bond motifs is 1. The fraction of sp³-hybridized carbons (Fsp3) is 0.314. The van der Waals surface area contributed by atoms with E-state index in [1.165, 1.54) is 10.9 Å². The number of rotatable bonds is 10. The van der Waals surface area contributed by atoms with Crippen LogP contribution >= 0.6 is 0 Å². The van der Waals surface area contributed by atoms with Crippen LogP contribution in [-0.2, 0) is 19.7 Å². The number of methoxy groups -OCH3 is 2. The van der Waals surface area contributed by atoms with Gasteiger partial charge in [0.2, 0.25) is 5.95 Å². The van der Waals surface area contributed by atoms with Gasteiger partial charge < -0.3 is 34.9 Å². The number of imidazole rings is 1. The molecule has 3 aromatic carbocycles. The molecule has 250 valence electrons. The Kier molecular flexibility index (Phi) is 8.93. The third-order valence-electron chi connectivity index (χ3n) is 8.76. The summed E-state index contributed by atoms with van der Waals surface area (Å²) in [5, 5.41) is 23.4. The maximum Gasteiger partial charge on any atom is 0.308 e. The standard InChI is InChI=1S/C35H37N5O8/c1-19(2)33(44)48-29(28-26(41)27(42)32(47-28)40-18-37-25-30(40)38-34(36)39-31(25)43)35(20-8-6-5-7-9-20,21-10-14-23(45-3)15-11-21)22-12-16-24(46-4)17-13-22/h5-19,26-29,32,41-42H,1-4H3,(H3,36,38,39,43)/t26?,27-,28+,29?,32-/m1/s1. The van der Waals surface area contributed by atoms with Crippen LogP contribution in [0, 0.1) is 5.92 Å². The van der Waals surface area contributed by atoms with E-state index >= 15 is 0 Å². The van der Waals surface area contributed by atoms with E-state index in [0.717, 1.165) is 0 Å². The number of ether oxygens (including phenoxy) is 4. The highest BCUT2D eigenvalue weighted by atomic mass is 16.6. The lowest BCUT2D eigenvalue weighted by atomic mass is 9.63. The Balaban J connectivity index is 1.61. The minimum Gasteiger partial charge on any atom is -0.497 e. The summed E-state index contributed by atoms with van der Waals surface area (Å²) < 4.78 is 25.2. The summed E-state index contributed by atoms with van der Waals surface area (Å²) in [5.74, 6) is -0.0571. The van der Waals surface area contributed by atoms with Gasteiger partial charge >= 0.3 is 5.97 Å². The second-order valence-electron chi connectivity index (χ2n) is 11.9. The molecule has 0 aliphatic carbocycles. The molecular formula is C35H37N5O8. The number of H-pyrrole nitrogens is 1. The normalized spacial score (nSPS) is 20.1. The average molecular weight is 656 g/mol. The zero-order valence-corrected chi connectivity index (χ0v) is 26.8. The highest BCUT2D eigenvalue weighted by molar-refractivity contribution is 5.73. The fourth-order valence-electron chi connectivity index (χ4n) is 6.36. The molecule has 0 bridgehead atoms. The molecule has 0 saturated carbocycles. The molecule has 0 radical (unpaired) electrons. The van der Waals surface area contributed by atoms with Gasteiger partial charge in [-0.15, -0.1) is 0 Å². The molecule has 6 rings (SSSR count). The van der Waals surface area contributed by atoms with Crippen molar-refractivity contribution in [2.75, 3.05) is 20.0 Å². The van der Waals surface area contributed by atoms with Crippen molar-refractivity contribution < 1.29 is 34.0 Å². The first kappa shape index (κ1) is 32.7. The summed E-state index contributed by atoms with van der Waals surface area (Å²) in [6.07, 6.45) is -5.76. The Morgan fingerprint density at radius 1 is 0.917 bits per heavy atom. The summed E-state index contributed by atoms with van der Waals surface area (Å²) in [6, 6.07) is 24.1. The summed E-state index contributed by atoms with van der Waals surface area (Å²) in [5.41, 5.74) is 6.01. The number of aliphatic hydroxyl groups is 2. The smallest absolute Gasteiger partial charge is 0.308 e. The lowest BCUT2D eigenvalue weighted by Gasteiger charge is -2.44. The fourth-order valence-corrected chi connectivity index (χ4v) is 6.36. The van der Waals surface area contributed by atoms with Gasteiger partial charge in [-0.05, 0) is 41.0 Å². The first-order valence-corrected chi connectivity index (χ1v) is 15.4. The number of anilines is 1. The minimum atomic E-state index is -1.59. The lowest BCUT2D eigenvalue weighted by Crippen LogP contribution is -2.54. The third-order valence-corrected chi connectivity index (χ3v) is 8.76. The van der Waals surface area contributed by atoms with E-state index in [4.69, 9.17) is 24.7 Å². The van der Waals surface area contributed by atoms with E-state index in [2.05, 4.69) is 15.0 Å². The molecule has 2 unspecified atom stereocenters. The Labute approximate surface area is 275 Å². The molecule has 1 saturated heterocycles. The van der Waals surface area contributed by atoms with E-state index in [9.17, 15) is 19.8 Å². The molecule has 13 nitrogen and oxygen atoms in total. The number of benzene rings is 3. The van der Waals surface area contributed by atoms with E-state index < -0.39 is 53.5 Å². The number of nitrogens with two attached hydrogens (primary N) is 1. The minimum absolute atomic E-state index is 0.0316. The SMILES string of the molecule is COc1ccc(C(c2ccccc2)(c2ccc(OC)cc2)C(OC(=O)C(C)C)[C@H]2O[C@@H](n3cnc4c(=O)[nH]c(N)nc43)[C@H](O)C2O)cc1. The van der Waals surface area contributed by atoms with Crippen molar-refractivity contribution in [2.24, 2.45) is 5.92 Å². The van der Waals surface area contributed by atoms with Crippen LogP contribution in [0.1, 0.15) is 36.8 Å². The molecule has 3 heterocycles. The first-order valence-electron chi connectivity index (χ1n) is 15.4. The monoisotopic (exact) mass is 655 g/mol. The van der Waals surface area contributed by atoms with Crippen LogP contribution in [0.3, 0.4) is 0 Å². The predicted molar refractivity (Wildman–Crippen MR) is 176 cm³/mol. The summed E-state index contributed by atoms with van der Waals surface area (Å²) >= 11 is 0. The first-order chi connectivity index (χ1) is 23.1. The van der Waals surface area contributed by atoms with Gasteiger partial charge in [-0.1, -0.05) is 68.4 Å². The second kappa shape index (κ2) is 13.1. The summed E-state index contributed by atoms with van der Waals surface area (Å²) in [4.78, 5) is 37.0. The number of aromatic nitrogens is 4. The Morgan fingerprint density at radius 2 is 1.48 bits per heavy atom. The maximum atomic E-state index is 13.7. The number of aliphatic hydroxyl groups excluding tert-OH is 2. The van der Waals surface area contributed by atoms with Gasteiger partial charge in [0.1, 0.15) is 35.9 Å². The van der Waals surface area contributed by atoms with Gasteiger partial charge in [-0.2, -0.15) is 4.98 Å². The predicted octanol–water partition coefficient (Wildman–Crippen LogP) is 2.94. The Bertz CT molecular complexity index is 1890. The van der Waals surface area contributed by atoms with Crippen LogP contribution in [0.25, 0.3) is 11.2 Å². The van der Waals surface area contributed by atoms with Crippen molar-refractivity contribution in [1.82, 2.24) is 19.5 Å². The van der Waals surface area contributed by atoms with E-state index in [-0.39, 0.29) is 17.1 Å².